The maximum absolute atomic E-state index is 15.6. The molecule has 4 aliphatic heterocycles. The predicted molar refractivity (Wildman–Crippen MR) is 185 cm³/mol. The van der Waals surface area contributed by atoms with E-state index < -0.39 is 57.8 Å². The van der Waals surface area contributed by atoms with Gasteiger partial charge in [0.1, 0.15) is 29.8 Å². The quantitative estimate of drug-likeness (QED) is 0.188. The molecule has 1 atom stereocenters. The van der Waals surface area contributed by atoms with Gasteiger partial charge >= 0.3 is 10.2 Å². The Morgan fingerprint density at radius 1 is 1.02 bits per heavy atom. The summed E-state index contributed by atoms with van der Waals surface area (Å²) in [7, 11) is -4.37. The Morgan fingerprint density at radius 2 is 1.79 bits per heavy atom. The van der Waals surface area contributed by atoms with E-state index in [1.165, 1.54) is 35.3 Å². The maximum atomic E-state index is 15.6. The van der Waals surface area contributed by atoms with Gasteiger partial charge < -0.3 is 25.0 Å². The first-order chi connectivity index (χ1) is 25.3. The van der Waals surface area contributed by atoms with Crippen LogP contribution >= 0.6 is 0 Å². The highest BCUT2D eigenvalue weighted by Gasteiger charge is 2.41. The second kappa shape index (κ2) is 13.8. The first-order valence-electron chi connectivity index (χ1n) is 16.7. The number of amides is 6. The molecule has 3 aromatic rings. The number of rotatable bonds is 8. The third-order valence-corrected chi connectivity index (χ3v) is 11.0. The molecule has 0 bridgehead atoms. The Kier molecular flexibility index (Phi) is 9.23. The Morgan fingerprint density at radius 3 is 2.51 bits per heavy atom. The molecular weight excluding hydrogens is 715 g/mol. The first kappa shape index (κ1) is 35.4. The first-order valence-corrected chi connectivity index (χ1v) is 18.2. The number of phenols is 1. The van der Waals surface area contributed by atoms with Gasteiger partial charge in [-0.3, -0.25) is 34.1 Å². The highest BCUT2D eigenvalue weighted by atomic mass is 32.2. The fraction of sp³-hybridized carbons (Fsp3) is 0.314. The van der Waals surface area contributed by atoms with Gasteiger partial charge in [0.25, 0.3) is 17.7 Å². The van der Waals surface area contributed by atoms with Crippen LogP contribution < -0.4 is 24.4 Å². The predicted octanol–water partition coefficient (Wildman–Crippen LogP) is 0.826. The van der Waals surface area contributed by atoms with Crippen LogP contribution in [0, 0.1) is 5.82 Å². The van der Waals surface area contributed by atoms with Crippen LogP contribution in [0.3, 0.4) is 0 Å². The van der Waals surface area contributed by atoms with Gasteiger partial charge in [0.15, 0.2) is 12.4 Å². The van der Waals surface area contributed by atoms with Gasteiger partial charge in [-0.25, -0.2) is 13.4 Å². The average molecular weight is 749 g/mol. The van der Waals surface area contributed by atoms with Gasteiger partial charge in [-0.05, 0) is 60.6 Å². The lowest BCUT2D eigenvalue weighted by atomic mass is 10.0. The molecule has 3 aromatic carbocycles. The fourth-order valence-corrected chi connectivity index (χ4v) is 8.11. The normalized spacial score (nSPS) is 20.2. The molecule has 3 saturated heterocycles. The van der Waals surface area contributed by atoms with E-state index in [0.717, 1.165) is 0 Å². The Labute approximate surface area is 301 Å². The molecule has 1 unspecified atom stereocenters. The van der Waals surface area contributed by atoms with Crippen LogP contribution in [-0.4, -0.2) is 97.1 Å². The molecule has 18 heteroatoms. The number of nitrogens with one attached hydrogen (secondary N) is 3. The second-order valence-corrected chi connectivity index (χ2v) is 14.6. The Bertz CT molecular complexity index is 2240. The molecule has 53 heavy (non-hydrogen) atoms. The summed E-state index contributed by atoms with van der Waals surface area (Å²) in [6.07, 6.45) is 4.04. The summed E-state index contributed by atoms with van der Waals surface area (Å²) < 4.78 is 48.1. The molecule has 3 fully saturated rings. The van der Waals surface area contributed by atoms with E-state index in [-0.39, 0.29) is 60.5 Å². The van der Waals surface area contributed by atoms with Crippen LogP contribution in [-0.2, 0) is 40.7 Å². The van der Waals surface area contributed by atoms with Crippen molar-refractivity contribution in [1.82, 2.24) is 25.2 Å². The number of hydrogen-bond acceptors (Lipinski definition) is 10. The molecule has 0 spiro atoms. The summed E-state index contributed by atoms with van der Waals surface area (Å²) in [4.78, 5) is 77.5. The number of imide groups is 1. The summed E-state index contributed by atoms with van der Waals surface area (Å²) >= 11 is 0. The standard InChI is InChI=1S/C35H33FN6O10S/c36-32-23-14-19(4-6-20(23)15-26(43)33(32)42-17-30(46)39-53(42,50)51)5-8-28(44)37-21-10-12-40(13-11-21)31(47)18-52-27-3-1-2-22-24(27)16-41(35(22)49)25-7-9-29(45)38-34(25)48/h1-6,8,14-15,21,25,43H,7,9-13,16-18H2,(H,37,44)(H,39,46)(H,38,45,48). The molecule has 276 valence electrons. The number of halogens is 1. The summed E-state index contributed by atoms with van der Waals surface area (Å²) in [5.74, 6) is -4.16. The molecule has 0 aromatic heterocycles. The summed E-state index contributed by atoms with van der Waals surface area (Å²) in [5.41, 5.74) is 0.693. The lowest BCUT2D eigenvalue weighted by molar-refractivity contribution is -0.137. The molecule has 6 amide bonds. The highest BCUT2D eigenvalue weighted by Crippen LogP contribution is 2.39. The van der Waals surface area contributed by atoms with Gasteiger partial charge in [-0.15, -0.1) is 0 Å². The van der Waals surface area contributed by atoms with E-state index >= 15 is 4.39 Å². The molecule has 4 N–H and O–H groups in total. The van der Waals surface area contributed by atoms with Gasteiger partial charge in [-0.2, -0.15) is 8.42 Å². The van der Waals surface area contributed by atoms with Crippen molar-refractivity contribution in [3.05, 3.63) is 71.0 Å². The number of benzene rings is 3. The number of aromatic hydroxyl groups is 1. The van der Waals surface area contributed by atoms with Crippen LogP contribution in [0.1, 0.15) is 47.2 Å². The number of fused-ring (bicyclic) bond motifs is 2. The SMILES string of the molecule is O=C(C=Cc1ccc2cc(O)c(N3CC(=O)NS3(=O)=O)c(F)c2c1)NC1CCN(C(=O)COc2cccc3c2CN(C2CCC(=O)NC2=O)C3=O)CC1. The molecule has 0 radical (unpaired) electrons. The summed E-state index contributed by atoms with van der Waals surface area (Å²) in [6.45, 7) is -0.137. The van der Waals surface area contributed by atoms with Crippen molar-refractivity contribution in [2.75, 3.05) is 30.5 Å². The smallest absolute Gasteiger partial charge is 0.326 e. The van der Waals surface area contributed by atoms with Crippen molar-refractivity contribution in [3.8, 4) is 11.5 Å². The van der Waals surface area contributed by atoms with Crippen molar-refractivity contribution in [2.45, 2.75) is 44.3 Å². The lowest BCUT2D eigenvalue weighted by Crippen LogP contribution is -2.52. The number of carbonyl (C=O) groups is 6. The maximum Gasteiger partial charge on any atom is 0.326 e. The number of likely N-dealkylation sites (tertiary alicyclic amines) is 1. The largest absolute Gasteiger partial charge is 0.506 e. The van der Waals surface area contributed by atoms with E-state index in [9.17, 15) is 42.3 Å². The van der Waals surface area contributed by atoms with Gasteiger partial charge in [0, 0.05) is 48.1 Å². The molecule has 4 heterocycles. The van der Waals surface area contributed by atoms with Crippen LogP contribution in [0.2, 0.25) is 0 Å². The second-order valence-electron chi connectivity index (χ2n) is 13.0. The average Bonchev–Trinajstić information content (AvgIpc) is 3.60. The highest BCUT2D eigenvalue weighted by molar-refractivity contribution is 7.92. The summed E-state index contributed by atoms with van der Waals surface area (Å²) in [5, 5.41) is 15.8. The van der Waals surface area contributed by atoms with E-state index in [0.29, 0.717) is 52.7 Å². The van der Waals surface area contributed by atoms with Crippen LogP contribution in [0.25, 0.3) is 16.8 Å². The van der Waals surface area contributed by atoms with E-state index in [1.807, 2.05) is 0 Å². The molecule has 16 nitrogen and oxygen atoms in total. The van der Waals surface area contributed by atoms with Crippen molar-refractivity contribution < 1.29 is 51.4 Å². The number of hydrogen-bond donors (Lipinski definition) is 4. The monoisotopic (exact) mass is 748 g/mol. The molecule has 0 saturated carbocycles. The van der Waals surface area contributed by atoms with Crippen molar-refractivity contribution in [1.29, 1.82) is 0 Å². The zero-order valence-corrected chi connectivity index (χ0v) is 28.8. The minimum absolute atomic E-state index is 0.0322. The Balaban J connectivity index is 0.915. The van der Waals surface area contributed by atoms with Gasteiger partial charge in [0.2, 0.25) is 17.7 Å². The van der Waals surface area contributed by atoms with Crippen LogP contribution in [0.15, 0.2) is 48.5 Å². The number of phenolic OH excluding ortho intramolecular Hbond substituents is 1. The number of piperidine rings is 2. The van der Waals surface area contributed by atoms with Crippen molar-refractivity contribution >= 4 is 68.2 Å². The van der Waals surface area contributed by atoms with Crippen LogP contribution in [0.4, 0.5) is 10.1 Å². The van der Waals surface area contributed by atoms with Crippen LogP contribution in [0.5, 0.6) is 11.5 Å². The number of anilines is 1. The molecular formula is C35H33FN6O10S. The molecule has 7 rings (SSSR count). The van der Waals surface area contributed by atoms with Crippen molar-refractivity contribution in [3.63, 3.8) is 0 Å². The molecule has 4 aliphatic rings. The van der Waals surface area contributed by atoms with E-state index in [1.54, 1.807) is 33.9 Å². The minimum atomic E-state index is -4.37. The lowest BCUT2D eigenvalue weighted by Gasteiger charge is -2.32. The number of carbonyl (C=O) groups excluding carboxylic acids is 6. The fourth-order valence-electron chi connectivity index (χ4n) is 6.95. The zero-order valence-electron chi connectivity index (χ0n) is 28.0. The molecule has 0 aliphatic carbocycles. The van der Waals surface area contributed by atoms with Gasteiger partial charge in [-0.1, -0.05) is 18.2 Å². The third kappa shape index (κ3) is 6.96. The number of nitrogens with zero attached hydrogens (tertiary/aromatic N) is 3. The minimum Gasteiger partial charge on any atom is -0.506 e. The summed E-state index contributed by atoms with van der Waals surface area (Å²) in [6, 6.07) is 9.58. The Hall–Kier alpha value is -6.04. The zero-order chi connectivity index (χ0) is 37.6. The number of ether oxygens (including phenoxy) is 1. The third-order valence-electron chi connectivity index (χ3n) is 9.64. The van der Waals surface area contributed by atoms with E-state index in [4.69, 9.17) is 4.74 Å². The van der Waals surface area contributed by atoms with Gasteiger partial charge in [0.05, 0.1) is 6.54 Å². The topological polar surface area (TPSA) is 212 Å². The van der Waals surface area contributed by atoms with E-state index in [2.05, 4.69) is 10.6 Å². The van der Waals surface area contributed by atoms with Crippen molar-refractivity contribution in [2.24, 2.45) is 0 Å².